The van der Waals surface area contributed by atoms with Gasteiger partial charge in [-0.2, -0.15) is 22.0 Å². The van der Waals surface area contributed by atoms with Crippen molar-refractivity contribution < 1.29 is 36.2 Å². The number of hydrogen-bond donors (Lipinski definition) is 0. The molecule has 1 saturated heterocycles. The Morgan fingerprint density at radius 3 is 1.85 bits per heavy atom. The molecule has 8 heteroatoms. The van der Waals surface area contributed by atoms with Crippen molar-refractivity contribution in [3.8, 4) is 0 Å². The van der Waals surface area contributed by atoms with Gasteiger partial charge in [0.1, 0.15) is 0 Å². The van der Waals surface area contributed by atoms with Crippen LogP contribution in [0.2, 0.25) is 0 Å². The molecule has 3 nitrogen and oxygen atoms in total. The van der Waals surface area contributed by atoms with Crippen molar-refractivity contribution in [2.24, 2.45) is 0 Å². The predicted molar refractivity (Wildman–Crippen MR) is 27.0 cm³/mol. The summed E-state index contributed by atoms with van der Waals surface area (Å²) < 4.78 is 68.0. The maximum atomic E-state index is 12.8. The van der Waals surface area contributed by atoms with E-state index in [0.29, 0.717) is 0 Å². The van der Waals surface area contributed by atoms with E-state index in [0.717, 1.165) is 0 Å². The van der Waals surface area contributed by atoms with E-state index in [2.05, 4.69) is 9.47 Å². The van der Waals surface area contributed by atoms with Gasteiger partial charge in [0.05, 0.1) is 0 Å². The summed E-state index contributed by atoms with van der Waals surface area (Å²) in [4.78, 5) is 10.0. The fourth-order valence-electron chi connectivity index (χ4n) is 0.711. The number of alkyl halides is 5. The fraction of sp³-hybridized carbons (Fsp3) is 0.800. The van der Waals surface area contributed by atoms with Gasteiger partial charge in [0.2, 0.25) is 0 Å². The Bertz CT molecular complexity index is 247. The SMILES string of the molecule is CC(F)(F)C1(F)OC(=O)OC1(F)F. The summed E-state index contributed by atoms with van der Waals surface area (Å²) in [7, 11) is 0. The van der Waals surface area contributed by atoms with Crippen LogP contribution >= 0.6 is 0 Å². The molecule has 0 aliphatic carbocycles. The van der Waals surface area contributed by atoms with Crippen LogP contribution in [0.15, 0.2) is 0 Å². The Morgan fingerprint density at radius 2 is 1.69 bits per heavy atom. The standard InChI is InChI=1S/C5H3F5O3/c1-3(6,7)4(8)5(9,10)13-2(11)12-4/h1H3. The molecule has 76 valence electrons. The lowest BCUT2D eigenvalue weighted by molar-refractivity contribution is -0.353. The zero-order valence-electron chi connectivity index (χ0n) is 6.11. The maximum Gasteiger partial charge on any atom is 0.516 e. The van der Waals surface area contributed by atoms with Crippen LogP contribution in [0.1, 0.15) is 6.92 Å². The van der Waals surface area contributed by atoms with Gasteiger partial charge >= 0.3 is 24.0 Å². The van der Waals surface area contributed by atoms with E-state index in [1.807, 2.05) is 0 Å². The molecule has 0 saturated carbocycles. The summed E-state index contributed by atoms with van der Waals surface area (Å²) in [6.07, 6.45) is -7.16. The quantitative estimate of drug-likeness (QED) is 0.486. The first-order valence-electron chi connectivity index (χ1n) is 2.97. The Morgan fingerprint density at radius 1 is 1.23 bits per heavy atom. The van der Waals surface area contributed by atoms with Crippen molar-refractivity contribution in [3.05, 3.63) is 0 Å². The number of hydrogen-bond acceptors (Lipinski definition) is 3. The van der Waals surface area contributed by atoms with Crippen LogP contribution in [0.4, 0.5) is 26.7 Å². The van der Waals surface area contributed by atoms with Crippen LogP contribution in [0.3, 0.4) is 0 Å². The van der Waals surface area contributed by atoms with Crippen LogP contribution in [0.5, 0.6) is 0 Å². The minimum Gasteiger partial charge on any atom is -0.381 e. The molecule has 0 aromatic carbocycles. The zero-order valence-corrected chi connectivity index (χ0v) is 6.11. The van der Waals surface area contributed by atoms with Crippen LogP contribution in [0, 0.1) is 0 Å². The smallest absolute Gasteiger partial charge is 0.381 e. The summed E-state index contributed by atoms with van der Waals surface area (Å²) >= 11 is 0. The van der Waals surface area contributed by atoms with Crippen LogP contribution in [-0.2, 0) is 9.47 Å². The molecule has 1 fully saturated rings. The molecule has 1 aliphatic heterocycles. The molecule has 0 radical (unpaired) electrons. The van der Waals surface area contributed by atoms with E-state index in [9.17, 15) is 26.7 Å². The number of ether oxygens (including phenoxy) is 2. The summed E-state index contributed by atoms with van der Waals surface area (Å²) in [5.74, 6) is -9.29. The molecule has 0 N–H and O–H groups in total. The highest BCUT2D eigenvalue weighted by atomic mass is 19.3. The third-order valence-corrected chi connectivity index (χ3v) is 1.37. The monoisotopic (exact) mass is 206 g/mol. The first kappa shape index (κ1) is 10.0. The molecule has 1 atom stereocenters. The molecular formula is C5H3F5O3. The second kappa shape index (κ2) is 2.24. The summed E-state index contributed by atoms with van der Waals surface area (Å²) in [5.41, 5.74) is 0. The van der Waals surface area contributed by atoms with Crippen molar-refractivity contribution in [2.75, 3.05) is 0 Å². The van der Waals surface area contributed by atoms with Crippen molar-refractivity contribution in [3.63, 3.8) is 0 Å². The Labute approximate surface area is 68.4 Å². The summed E-state index contributed by atoms with van der Waals surface area (Å²) in [6, 6.07) is 0. The van der Waals surface area contributed by atoms with E-state index < -0.39 is 24.0 Å². The van der Waals surface area contributed by atoms with Crippen molar-refractivity contribution in [2.45, 2.75) is 24.8 Å². The van der Waals surface area contributed by atoms with Gasteiger partial charge < -0.3 is 9.47 Å². The molecule has 1 rings (SSSR count). The third-order valence-electron chi connectivity index (χ3n) is 1.37. The predicted octanol–water partition coefficient (Wildman–Crippen LogP) is 2.07. The van der Waals surface area contributed by atoms with Crippen LogP contribution in [0.25, 0.3) is 0 Å². The largest absolute Gasteiger partial charge is 0.516 e. The Kier molecular flexibility index (Phi) is 1.72. The first-order chi connectivity index (χ1) is 5.60. The van der Waals surface area contributed by atoms with Gasteiger partial charge in [0.15, 0.2) is 0 Å². The molecule has 0 bridgehead atoms. The van der Waals surface area contributed by atoms with E-state index in [1.54, 1.807) is 0 Å². The summed E-state index contributed by atoms with van der Waals surface area (Å²) in [5, 5.41) is 0. The van der Waals surface area contributed by atoms with Gasteiger partial charge in [-0.15, -0.1) is 0 Å². The second-order valence-corrected chi connectivity index (χ2v) is 2.45. The lowest BCUT2D eigenvalue weighted by Gasteiger charge is -2.26. The summed E-state index contributed by atoms with van der Waals surface area (Å²) in [6.45, 7) is -0.150. The number of carbonyl (C=O) groups is 1. The number of cyclic esters (lactones) is 2. The third kappa shape index (κ3) is 1.20. The highest BCUT2D eigenvalue weighted by Crippen LogP contribution is 2.49. The molecule has 0 aromatic rings. The van der Waals surface area contributed by atoms with E-state index in [-0.39, 0.29) is 6.92 Å². The van der Waals surface area contributed by atoms with Gasteiger partial charge in [-0.3, -0.25) is 0 Å². The van der Waals surface area contributed by atoms with Gasteiger partial charge in [0, 0.05) is 6.92 Å². The highest BCUT2D eigenvalue weighted by Gasteiger charge is 2.78. The highest BCUT2D eigenvalue weighted by molar-refractivity contribution is 5.63. The Balaban J connectivity index is 3.10. The van der Waals surface area contributed by atoms with Gasteiger partial charge in [-0.05, 0) is 0 Å². The van der Waals surface area contributed by atoms with Crippen molar-refractivity contribution >= 4 is 6.16 Å². The molecule has 1 aliphatic rings. The molecule has 1 heterocycles. The molecule has 0 spiro atoms. The number of carbonyl (C=O) groups excluding carboxylic acids is 1. The van der Waals surface area contributed by atoms with E-state index in [1.165, 1.54) is 0 Å². The Hall–Kier alpha value is -1.08. The van der Waals surface area contributed by atoms with E-state index >= 15 is 0 Å². The van der Waals surface area contributed by atoms with Gasteiger partial charge in [-0.25, -0.2) is 4.79 Å². The minimum absolute atomic E-state index is 0.150. The molecular weight excluding hydrogens is 203 g/mol. The lowest BCUT2D eigenvalue weighted by Crippen LogP contribution is -2.53. The van der Waals surface area contributed by atoms with Gasteiger partial charge in [0.25, 0.3) is 0 Å². The minimum atomic E-state index is -4.98. The fourth-order valence-corrected chi connectivity index (χ4v) is 0.711. The maximum absolute atomic E-state index is 12.8. The topological polar surface area (TPSA) is 35.5 Å². The van der Waals surface area contributed by atoms with Crippen LogP contribution < -0.4 is 0 Å². The second-order valence-electron chi connectivity index (χ2n) is 2.45. The average Bonchev–Trinajstić information content (AvgIpc) is 2.00. The molecule has 13 heavy (non-hydrogen) atoms. The normalized spacial score (nSPS) is 32.6. The number of halogens is 5. The van der Waals surface area contributed by atoms with Gasteiger partial charge in [-0.1, -0.05) is 0 Å². The van der Waals surface area contributed by atoms with Crippen molar-refractivity contribution in [1.29, 1.82) is 0 Å². The zero-order chi connectivity index (χ0) is 10.5. The molecule has 0 aromatic heterocycles. The van der Waals surface area contributed by atoms with Crippen LogP contribution in [-0.4, -0.2) is 24.0 Å². The first-order valence-corrected chi connectivity index (χ1v) is 2.97. The number of rotatable bonds is 1. The molecule has 1 unspecified atom stereocenters. The van der Waals surface area contributed by atoms with E-state index in [4.69, 9.17) is 0 Å². The lowest BCUT2D eigenvalue weighted by atomic mass is 10.1. The average molecular weight is 206 g/mol. The molecule has 0 amide bonds. The van der Waals surface area contributed by atoms with Crippen molar-refractivity contribution in [1.82, 2.24) is 0 Å².